The highest BCUT2D eigenvalue weighted by Crippen LogP contribution is 2.29. The summed E-state index contributed by atoms with van der Waals surface area (Å²) in [5.41, 5.74) is 6.66. The first kappa shape index (κ1) is 7.62. The maximum Gasteiger partial charge on any atom is 0.156 e. The van der Waals surface area contributed by atoms with E-state index in [-0.39, 0.29) is 0 Å². The second-order valence-electron chi connectivity index (χ2n) is 3.52. The van der Waals surface area contributed by atoms with E-state index in [1.807, 2.05) is 25.1 Å². The Morgan fingerprint density at radius 3 is 3.00 bits per heavy atom. The Kier molecular flexibility index (Phi) is 1.58. The fraction of sp³-hybridized carbons (Fsp3) is 0.400. The van der Waals surface area contributed by atoms with Crippen LogP contribution < -0.4 is 10.5 Å². The number of nitrogens with two attached hydrogens (primary N) is 1. The predicted octanol–water partition coefficient (Wildman–Crippen LogP) is 1.69. The van der Waals surface area contributed by atoms with Gasteiger partial charge in [0, 0.05) is 6.42 Å². The molecular weight excluding hydrogens is 150 g/mol. The normalized spacial score (nSPS) is 27.5. The van der Waals surface area contributed by atoms with Crippen LogP contribution in [0.3, 0.4) is 0 Å². The van der Waals surface area contributed by atoms with Gasteiger partial charge in [0.25, 0.3) is 0 Å². The highest BCUT2D eigenvalue weighted by Gasteiger charge is 2.26. The molecule has 0 saturated carbocycles. The molecule has 0 aliphatic carbocycles. The number of hydrogen-bond donors (Lipinski definition) is 1. The number of benzene rings is 1. The van der Waals surface area contributed by atoms with Gasteiger partial charge in [-0.15, -0.1) is 0 Å². The lowest BCUT2D eigenvalue weighted by Gasteiger charge is -2.31. The molecule has 1 atom stereocenters. The monoisotopic (exact) mass is 163 g/mol. The van der Waals surface area contributed by atoms with Crippen molar-refractivity contribution in [2.24, 2.45) is 5.73 Å². The van der Waals surface area contributed by atoms with Gasteiger partial charge in [-0.25, -0.2) is 0 Å². The number of fused-ring (bicyclic) bond motifs is 1. The Morgan fingerprint density at radius 1 is 1.42 bits per heavy atom. The average molecular weight is 163 g/mol. The summed E-state index contributed by atoms with van der Waals surface area (Å²) in [5, 5.41) is 0. The highest BCUT2D eigenvalue weighted by molar-refractivity contribution is 5.35. The zero-order chi connectivity index (χ0) is 8.60. The van der Waals surface area contributed by atoms with E-state index < -0.39 is 5.72 Å². The summed E-state index contributed by atoms with van der Waals surface area (Å²) < 4.78 is 5.60. The SMILES string of the molecule is C[C@@]1(N)CCc2ccccc2O1. The maximum atomic E-state index is 5.87. The standard InChI is InChI=1S/C10H13NO/c1-10(11)7-6-8-4-2-3-5-9(8)12-10/h2-5H,6-7,11H2,1H3/t10-/m0/s1. The second kappa shape index (κ2) is 2.49. The lowest BCUT2D eigenvalue weighted by Crippen LogP contribution is -2.45. The number of aryl methyl sites for hydroxylation is 1. The van der Waals surface area contributed by atoms with Crippen LogP contribution in [-0.4, -0.2) is 5.72 Å². The molecule has 64 valence electrons. The molecule has 2 nitrogen and oxygen atoms in total. The quantitative estimate of drug-likeness (QED) is 0.631. The van der Waals surface area contributed by atoms with Gasteiger partial charge in [-0.3, -0.25) is 5.73 Å². The fourth-order valence-electron chi connectivity index (χ4n) is 1.50. The summed E-state index contributed by atoms with van der Waals surface area (Å²) in [5.74, 6) is 0.939. The van der Waals surface area contributed by atoms with E-state index in [2.05, 4.69) is 6.07 Å². The third kappa shape index (κ3) is 1.30. The molecular formula is C10H13NO. The van der Waals surface area contributed by atoms with Crippen molar-refractivity contribution in [1.82, 2.24) is 0 Å². The van der Waals surface area contributed by atoms with Crippen molar-refractivity contribution in [2.45, 2.75) is 25.5 Å². The van der Waals surface area contributed by atoms with Gasteiger partial charge in [0.15, 0.2) is 5.72 Å². The third-order valence-electron chi connectivity index (χ3n) is 2.21. The van der Waals surface area contributed by atoms with E-state index in [0.29, 0.717) is 0 Å². The average Bonchev–Trinajstić information content (AvgIpc) is 2.02. The molecule has 2 rings (SSSR count). The predicted molar refractivity (Wildman–Crippen MR) is 48.0 cm³/mol. The van der Waals surface area contributed by atoms with Crippen molar-refractivity contribution in [3.63, 3.8) is 0 Å². The molecule has 0 bridgehead atoms. The van der Waals surface area contributed by atoms with Crippen LogP contribution in [0.4, 0.5) is 0 Å². The zero-order valence-corrected chi connectivity index (χ0v) is 7.21. The van der Waals surface area contributed by atoms with Crippen LogP contribution in [0.25, 0.3) is 0 Å². The number of hydrogen-bond acceptors (Lipinski definition) is 2. The van der Waals surface area contributed by atoms with E-state index in [1.165, 1.54) is 5.56 Å². The minimum Gasteiger partial charge on any atom is -0.473 e. The van der Waals surface area contributed by atoms with Crippen molar-refractivity contribution in [2.75, 3.05) is 0 Å². The minimum absolute atomic E-state index is 0.478. The van der Waals surface area contributed by atoms with E-state index in [4.69, 9.17) is 10.5 Å². The van der Waals surface area contributed by atoms with Crippen molar-refractivity contribution in [3.8, 4) is 5.75 Å². The van der Waals surface area contributed by atoms with Crippen LogP contribution in [0, 0.1) is 0 Å². The van der Waals surface area contributed by atoms with Gasteiger partial charge < -0.3 is 4.74 Å². The number of ether oxygens (including phenoxy) is 1. The Morgan fingerprint density at radius 2 is 2.17 bits per heavy atom. The van der Waals surface area contributed by atoms with Crippen molar-refractivity contribution >= 4 is 0 Å². The maximum absolute atomic E-state index is 5.87. The molecule has 0 fully saturated rings. The van der Waals surface area contributed by atoms with Crippen molar-refractivity contribution < 1.29 is 4.74 Å². The summed E-state index contributed by atoms with van der Waals surface area (Å²) in [4.78, 5) is 0. The van der Waals surface area contributed by atoms with Gasteiger partial charge in [0.2, 0.25) is 0 Å². The molecule has 2 N–H and O–H groups in total. The van der Waals surface area contributed by atoms with Crippen LogP contribution in [0.1, 0.15) is 18.9 Å². The first-order valence-electron chi connectivity index (χ1n) is 4.23. The lowest BCUT2D eigenvalue weighted by molar-refractivity contribution is 0.0720. The first-order valence-corrected chi connectivity index (χ1v) is 4.23. The Hall–Kier alpha value is -1.02. The van der Waals surface area contributed by atoms with E-state index in [0.717, 1.165) is 18.6 Å². The molecule has 0 aromatic heterocycles. The molecule has 1 aliphatic heterocycles. The van der Waals surface area contributed by atoms with E-state index in [9.17, 15) is 0 Å². The fourth-order valence-corrected chi connectivity index (χ4v) is 1.50. The van der Waals surface area contributed by atoms with Crippen molar-refractivity contribution in [1.29, 1.82) is 0 Å². The molecule has 12 heavy (non-hydrogen) atoms. The lowest BCUT2D eigenvalue weighted by atomic mass is 10.00. The molecule has 1 aromatic carbocycles. The molecule has 0 radical (unpaired) electrons. The van der Waals surface area contributed by atoms with Crippen LogP contribution in [0.15, 0.2) is 24.3 Å². The second-order valence-corrected chi connectivity index (χ2v) is 3.52. The number of para-hydroxylation sites is 1. The summed E-state index contributed by atoms with van der Waals surface area (Å²) >= 11 is 0. The Labute approximate surface area is 72.3 Å². The Balaban J connectivity index is 2.35. The van der Waals surface area contributed by atoms with Gasteiger partial charge in [-0.05, 0) is 25.0 Å². The summed E-state index contributed by atoms with van der Waals surface area (Å²) in [6.45, 7) is 1.92. The van der Waals surface area contributed by atoms with E-state index in [1.54, 1.807) is 0 Å². The Bertz CT molecular complexity index is 294. The third-order valence-corrected chi connectivity index (χ3v) is 2.21. The summed E-state index contributed by atoms with van der Waals surface area (Å²) in [6, 6.07) is 8.06. The van der Waals surface area contributed by atoms with Crippen LogP contribution >= 0.6 is 0 Å². The topological polar surface area (TPSA) is 35.2 Å². The van der Waals surface area contributed by atoms with Gasteiger partial charge in [0.1, 0.15) is 5.75 Å². The van der Waals surface area contributed by atoms with Crippen LogP contribution in [0.2, 0.25) is 0 Å². The summed E-state index contributed by atoms with van der Waals surface area (Å²) in [6.07, 6.45) is 1.91. The van der Waals surface area contributed by atoms with Gasteiger partial charge in [-0.2, -0.15) is 0 Å². The first-order chi connectivity index (χ1) is 5.67. The summed E-state index contributed by atoms with van der Waals surface area (Å²) in [7, 11) is 0. The molecule has 1 aliphatic rings. The molecule has 0 spiro atoms. The van der Waals surface area contributed by atoms with Gasteiger partial charge in [0.05, 0.1) is 0 Å². The minimum atomic E-state index is -0.478. The molecule has 0 unspecified atom stereocenters. The molecule has 2 heteroatoms. The van der Waals surface area contributed by atoms with Gasteiger partial charge in [-0.1, -0.05) is 18.2 Å². The van der Waals surface area contributed by atoms with Crippen LogP contribution in [-0.2, 0) is 6.42 Å². The molecule has 0 saturated heterocycles. The number of rotatable bonds is 0. The molecule has 0 amide bonds. The molecule has 1 heterocycles. The van der Waals surface area contributed by atoms with E-state index >= 15 is 0 Å². The van der Waals surface area contributed by atoms with Crippen LogP contribution in [0.5, 0.6) is 5.75 Å². The van der Waals surface area contributed by atoms with Gasteiger partial charge >= 0.3 is 0 Å². The highest BCUT2D eigenvalue weighted by atomic mass is 16.5. The largest absolute Gasteiger partial charge is 0.473 e. The van der Waals surface area contributed by atoms with Crippen molar-refractivity contribution in [3.05, 3.63) is 29.8 Å². The smallest absolute Gasteiger partial charge is 0.156 e. The zero-order valence-electron chi connectivity index (χ0n) is 7.21. The molecule has 1 aromatic rings.